The topological polar surface area (TPSA) is 58.6 Å². The summed E-state index contributed by atoms with van der Waals surface area (Å²) in [5.41, 5.74) is 1.00. The summed E-state index contributed by atoms with van der Waals surface area (Å²) in [6, 6.07) is 2.03. The lowest BCUT2D eigenvalue weighted by molar-refractivity contribution is -0.148. The Balaban J connectivity index is 1.41. The summed E-state index contributed by atoms with van der Waals surface area (Å²) in [4.78, 5) is 26.0. The Morgan fingerprint density at radius 1 is 1.20 bits per heavy atom. The van der Waals surface area contributed by atoms with Gasteiger partial charge in [0, 0.05) is 32.1 Å². The van der Waals surface area contributed by atoms with E-state index >= 15 is 0 Å². The predicted octanol–water partition coefficient (Wildman–Crippen LogP) is 2.54. The van der Waals surface area contributed by atoms with Crippen molar-refractivity contribution in [2.75, 3.05) is 31.1 Å². The number of hydrogen-bond donors (Lipinski definition) is 0. The summed E-state index contributed by atoms with van der Waals surface area (Å²) in [7, 11) is 0. The van der Waals surface area contributed by atoms with Gasteiger partial charge in [0.05, 0.1) is 22.4 Å². The molecule has 1 amide bonds. The van der Waals surface area contributed by atoms with Gasteiger partial charge in [-0.15, -0.1) is 11.3 Å². The normalized spacial score (nSPS) is 25.5. The fraction of sp³-hybridized carbons (Fsp3) is 0.611. The van der Waals surface area contributed by atoms with Crippen LogP contribution in [0.1, 0.15) is 26.7 Å². The van der Waals surface area contributed by atoms with Gasteiger partial charge in [-0.3, -0.25) is 4.79 Å². The van der Waals surface area contributed by atoms with Crippen LogP contribution in [0.4, 0.5) is 5.82 Å². The fourth-order valence-corrected chi connectivity index (χ4v) is 4.82. The maximum Gasteiger partial charge on any atom is 0.225 e. The first kappa shape index (κ1) is 16.7. The van der Waals surface area contributed by atoms with Crippen LogP contribution in [0.25, 0.3) is 10.2 Å². The third kappa shape index (κ3) is 3.35. The van der Waals surface area contributed by atoms with E-state index in [9.17, 15) is 4.79 Å². The van der Waals surface area contributed by atoms with E-state index in [2.05, 4.69) is 20.2 Å². The number of piperidine rings is 1. The van der Waals surface area contributed by atoms with Crippen molar-refractivity contribution in [2.45, 2.75) is 38.9 Å². The maximum absolute atomic E-state index is 12.9. The highest BCUT2D eigenvalue weighted by Gasteiger charge is 2.33. The second kappa shape index (κ2) is 6.88. The molecule has 25 heavy (non-hydrogen) atoms. The Bertz CT molecular complexity index is 746. The molecule has 7 heteroatoms. The van der Waals surface area contributed by atoms with Crippen molar-refractivity contribution in [3.63, 3.8) is 0 Å². The number of hydrogen-bond acceptors (Lipinski definition) is 6. The minimum absolute atomic E-state index is 0.120. The van der Waals surface area contributed by atoms with Gasteiger partial charge < -0.3 is 14.5 Å². The van der Waals surface area contributed by atoms with Gasteiger partial charge in [-0.2, -0.15) is 0 Å². The minimum Gasteiger partial charge on any atom is -0.372 e. The fourth-order valence-electron chi connectivity index (χ4n) is 3.96. The van der Waals surface area contributed by atoms with Crippen LogP contribution >= 0.6 is 11.3 Å². The van der Waals surface area contributed by atoms with Crippen LogP contribution in [0.3, 0.4) is 0 Å². The summed E-state index contributed by atoms with van der Waals surface area (Å²) in [6.07, 6.45) is 3.66. The molecule has 4 rings (SSSR count). The quantitative estimate of drug-likeness (QED) is 0.824. The van der Waals surface area contributed by atoms with Crippen molar-refractivity contribution < 1.29 is 9.53 Å². The SMILES string of the molecule is CC1CN(C(=O)C2CCN(c3ncnc4ccsc34)CC2)CC(C)O1. The summed E-state index contributed by atoms with van der Waals surface area (Å²) in [5, 5.41) is 2.06. The van der Waals surface area contributed by atoms with E-state index in [1.165, 1.54) is 0 Å². The molecule has 2 aromatic heterocycles. The van der Waals surface area contributed by atoms with Gasteiger partial charge in [-0.05, 0) is 38.1 Å². The molecule has 2 saturated heterocycles. The number of amides is 1. The zero-order valence-corrected chi connectivity index (χ0v) is 15.5. The second-order valence-electron chi connectivity index (χ2n) is 7.09. The number of fused-ring (bicyclic) bond motifs is 1. The molecular formula is C18H24N4O2S. The molecule has 4 heterocycles. The smallest absolute Gasteiger partial charge is 0.225 e. The van der Waals surface area contributed by atoms with Crippen LogP contribution in [-0.2, 0) is 9.53 Å². The lowest BCUT2D eigenvalue weighted by Gasteiger charge is -2.39. The molecule has 0 radical (unpaired) electrons. The molecule has 2 fully saturated rings. The van der Waals surface area contributed by atoms with Crippen LogP contribution in [0, 0.1) is 5.92 Å². The van der Waals surface area contributed by atoms with Gasteiger partial charge in [0.15, 0.2) is 0 Å². The number of anilines is 1. The first-order chi connectivity index (χ1) is 12.1. The number of nitrogens with zero attached hydrogens (tertiary/aromatic N) is 4. The average molecular weight is 360 g/mol. The molecule has 2 unspecified atom stereocenters. The predicted molar refractivity (Wildman–Crippen MR) is 98.9 cm³/mol. The molecule has 0 aliphatic carbocycles. The third-order valence-corrected chi connectivity index (χ3v) is 6.00. The summed E-state index contributed by atoms with van der Waals surface area (Å²) >= 11 is 1.68. The highest BCUT2D eigenvalue weighted by molar-refractivity contribution is 7.17. The number of thiophene rings is 1. The number of carbonyl (C=O) groups is 1. The first-order valence-electron chi connectivity index (χ1n) is 8.99. The zero-order chi connectivity index (χ0) is 17.4. The van der Waals surface area contributed by atoms with E-state index in [0.29, 0.717) is 19.0 Å². The highest BCUT2D eigenvalue weighted by Crippen LogP contribution is 2.31. The molecule has 2 aromatic rings. The van der Waals surface area contributed by atoms with Crippen molar-refractivity contribution in [2.24, 2.45) is 5.92 Å². The van der Waals surface area contributed by atoms with Crippen molar-refractivity contribution >= 4 is 33.3 Å². The van der Waals surface area contributed by atoms with Crippen molar-refractivity contribution in [1.29, 1.82) is 0 Å². The van der Waals surface area contributed by atoms with Gasteiger partial charge >= 0.3 is 0 Å². The lowest BCUT2D eigenvalue weighted by Crippen LogP contribution is -2.51. The van der Waals surface area contributed by atoms with Crippen LogP contribution in [-0.4, -0.2) is 59.2 Å². The molecule has 6 nitrogen and oxygen atoms in total. The van der Waals surface area contributed by atoms with Gasteiger partial charge in [-0.1, -0.05) is 0 Å². The summed E-state index contributed by atoms with van der Waals surface area (Å²) in [6.45, 7) is 7.25. The Labute approximate surface area is 151 Å². The van der Waals surface area contributed by atoms with Crippen LogP contribution in [0.2, 0.25) is 0 Å². The van der Waals surface area contributed by atoms with Crippen molar-refractivity contribution in [3.8, 4) is 0 Å². The van der Waals surface area contributed by atoms with Crippen LogP contribution in [0.15, 0.2) is 17.8 Å². The van der Waals surface area contributed by atoms with Gasteiger partial charge in [0.2, 0.25) is 5.91 Å². The zero-order valence-electron chi connectivity index (χ0n) is 14.7. The van der Waals surface area contributed by atoms with Gasteiger partial charge in [0.25, 0.3) is 0 Å². The molecule has 0 bridgehead atoms. The average Bonchev–Trinajstić information content (AvgIpc) is 3.09. The van der Waals surface area contributed by atoms with Crippen LogP contribution < -0.4 is 4.90 Å². The van der Waals surface area contributed by atoms with Crippen molar-refractivity contribution in [3.05, 3.63) is 17.8 Å². The largest absolute Gasteiger partial charge is 0.372 e. The number of aromatic nitrogens is 2. The monoisotopic (exact) mass is 360 g/mol. The van der Waals surface area contributed by atoms with E-state index in [1.807, 2.05) is 24.8 Å². The van der Waals surface area contributed by atoms with Crippen molar-refractivity contribution in [1.82, 2.24) is 14.9 Å². The van der Waals surface area contributed by atoms with Gasteiger partial charge in [-0.25, -0.2) is 9.97 Å². The third-order valence-electron chi connectivity index (χ3n) is 5.10. The molecule has 134 valence electrons. The minimum atomic E-state index is 0.120. The number of rotatable bonds is 2. The molecule has 0 N–H and O–H groups in total. The number of carbonyl (C=O) groups excluding carboxylic acids is 1. The van der Waals surface area contributed by atoms with E-state index in [-0.39, 0.29) is 18.1 Å². The van der Waals surface area contributed by atoms with E-state index in [4.69, 9.17) is 4.74 Å². The van der Waals surface area contributed by atoms with E-state index < -0.39 is 0 Å². The summed E-state index contributed by atoms with van der Waals surface area (Å²) in [5.74, 6) is 1.43. The van der Waals surface area contributed by atoms with E-state index in [1.54, 1.807) is 17.7 Å². The standard InChI is InChI=1S/C18H24N4O2S/c1-12-9-22(10-13(2)24-12)18(23)14-3-6-21(7-4-14)17-16-15(5-8-25-16)19-11-20-17/h5,8,11-14H,3-4,6-7,9-10H2,1-2H3. The Morgan fingerprint density at radius 3 is 2.64 bits per heavy atom. The molecule has 2 atom stereocenters. The Morgan fingerprint density at radius 2 is 1.92 bits per heavy atom. The lowest BCUT2D eigenvalue weighted by atomic mass is 9.94. The molecular weight excluding hydrogens is 336 g/mol. The molecule has 2 aliphatic heterocycles. The van der Waals surface area contributed by atoms with Crippen LogP contribution in [0.5, 0.6) is 0 Å². The highest BCUT2D eigenvalue weighted by atomic mass is 32.1. The molecule has 0 saturated carbocycles. The maximum atomic E-state index is 12.9. The molecule has 2 aliphatic rings. The Kier molecular flexibility index (Phi) is 4.60. The molecule has 0 spiro atoms. The Hall–Kier alpha value is -1.73. The van der Waals surface area contributed by atoms with Gasteiger partial charge in [0.1, 0.15) is 12.1 Å². The number of ether oxygens (including phenoxy) is 1. The van der Waals surface area contributed by atoms with E-state index in [0.717, 1.165) is 42.0 Å². The summed E-state index contributed by atoms with van der Waals surface area (Å²) < 4.78 is 6.89. The first-order valence-corrected chi connectivity index (χ1v) is 9.87. The molecule has 0 aromatic carbocycles. The second-order valence-corrected chi connectivity index (χ2v) is 8.01. The number of morpholine rings is 1.